The van der Waals surface area contributed by atoms with Crippen LogP contribution in [0, 0.1) is 17.0 Å². The summed E-state index contributed by atoms with van der Waals surface area (Å²) in [5, 5.41) is 16.6. The lowest BCUT2D eigenvalue weighted by Crippen LogP contribution is -2.34. The van der Waals surface area contributed by atoms with Crippen molar-refractivity contribution in [1.82, 2.24) is 5.32 Å². The number of nitrogens with zero attached hydrogens (tertiary/aromatic N) is 1. The van der Waals surface area contributed by atoms with Gasteiger partial charge in [-0.1, -0.05) is 34.8 Å². The number of hydrogen-bond acceptors (Lipinski definition) is 4. The standard InChI is InChI=1S/C15H10Cl3N3O3S/c1-7-4-13(21(23)24)11(18)6-12(7)19-15(25)20-14(22)9-3-2-8(16)5-10(9)17/h2-6H,1H3,(H2,19,20,22,25). The van der Waals surface area contributed by atoms with Gasteiger partial charge < -0.3 is 5.32 Å². The highest BCUT2D eigenvalue weighted by Crippen LogP contribution is 2.30. The van der Waals surface area contributed by atoms with Crippen LogP contribution < -0.4 is 10.6 Å². The van der Waals surface area contributed by atoms with Crippen molar-refractivity contribution in [2.45, 2.75) is 6.92 Å². The van der Waals surface area contributed by atoms with Crippen molar-refractivity contribution < 1.29 is 9.72 Å². The van der Waals surface area contributed by atoms with E-state index >= 15 is 0 Å². The molecule has 0 aromatic heterocycles. The van der Waals surface area contributed by atoms with Gasteiger partial charge in [0.05, 0.1) is 15.5 Å². The Bertz CT molecular complexity index is 890. The predicted octanol–water partition coefficient (Wildman–Crippen LogP) is 4.99. The van der Waals surface area contributed by atoms with Crippen LogP contribution in [0.4, 0.5) is 11.4 Å². The van der Waals surface area contributed by atoms with E-state index in [1.807, 2.05) is 0 Å². The third-order valence-corrected chi connectivity index (χ3v) is 4.20. The van der Waals surface area contributed by atoms with Gasteiger partial charge in [-0.2, -0.15) is 0 Å². The first-order chi connectivity index (χ1) is 11.7. The van der Waals surface area contributed by atoms with Gasteiger partial charge in [-0.25, -0.2) is 0 Å². The minimum atomic E-state index is -0.582. The third-order valence-electron chi connectivity index (χ3n) is 3.14. The number of nitrogens with one attached hydrogen (secondary N) is 2. The Labute approximate surface area is 163 Å². The molecule has 25 heavy (non-hydrogen) atoms. The van der Waals surface area contributed by atoms with Gasteiger partial charge in [-0.05, 0) is 49.0 Å². The average Bonchev–Trinajstić information content (AvgIpc) is 2.49. The maximum Gasteiger partial charge on any atom is 0.288 e. The van der Waals surface area contributed by atoms with Gasteiger partial charge in [0.2, 0.25) is 0 Å². The van der Waals surface area contributed by atoms with E-state index in [9.17, 15) is 14.9 Å². The smallest absolute Gasteiger partial charge is 0.288 e. The lowest BCUT2D eigenvalue weighted by molar-refractivity contribution is -0.384. The summed E-state index contributed by atoms with van der Waals surface area (Å²) >= 11 is 22.7. The maximum atomic E-state index is 12.2. The summed E-state index contributed by atoms with van der Waals surface area (Å²) in [7, 11) is 0. The van der Waals surface area contributed by atoms with Crippen LogP contribution in [-0.4, -0.2) is 15.9 Å². The van der Waals surface area contributed by atoms with Crippen LogP contribution in [0.25, 0.3) is 0 Å². The van der Waals surface area contributed by atoms with Crippen LogP contribution in [0.5, 0.6) is 0 Å². The average molecular weight is 419 g/mol. The van der Waals surface area contributed by atoms with E-state index in [0.29, 0.717) is 16.3 Å². The number of thiocarbonyl (C=S) groups is 1. The number of rotatable bonds is 3. The molecule has 0 aliphatic rings. The van der Waals surface area contributed by atoms with Gasteiger partial charge in [0.1, 0.15) is 5.02 Å². The summed E-state index contributed by atoms with van der Waals surface area (Å²) in [5.41, 5.74) is 0.960. The fourth-order valence-corrected chi connectivity index (χ4v) is 2.87. The minimum absolute atomic E-state index is 0.0102. The second-order valence-corrected chi connectivity index (χ2v) is 6.57. The molecule has 2 N–H and O–H groups in total. The molecule has 2 aromatic carbocycles. The number of nitro groups is 1. The van der Waals surface area contributed by atoms with Crippen LogP contribution in [0.3, 0.4) is 0 Å². The summed E-state index contributed by atoms with van der Waals surface area (Å²) < 4.78 is 0. The van der Waals surface area contributed by atoms with Crippen LogP contribution in [-0.2, 0) is 0 Å². The Hall–Kier alpha value is -1.93. The zero-order valence-corrected chi connectivity index (χ0v) is 15.7. The van der Waals surface area contributed by atoms with Gasteiger partial charge in [-0.3, -0.25) is 20.2 Å². The number of aryl methyl sites for hydroxylation is 1. The molecule has 0 radical (unpaired) electrons. The van der Waals surface area contributed by atoms with Crippen LogP contribution in [0.1, 0.15) is 15.9 Å². The van der Waals surface area contributed by atoms with Gasteiger partial charge in [0.15, 0.2) is 5.11 Å². The van der Waals surface area contributed by atoms with Crippen molar-refractivity contribution in [1.29, 1.82) is 0 Å². The molecular formula is C15H10Cl3N3O3S. The van der Waals surface area contributed by atoms with Gasteiger partial charge in [0, 0.05) is 16.8 Å². The molecule has 130 valence electrons. The monoisotopic (exact) mass is 417 g/mol. The zero-order valence-electron chi connectivity index (χ0n) is 12.6. The Morgan fingerprint density at radius 2 is 1.84 bits per heavy atom. The number of hydrogen-bond donors (Lipinski definition) is 2. The minimum Gasteiger partial charge on any atom is -0.332 e. The maximum absolute atomic E-state index is 12.2. The molecule has 0 atom stereocenters. The highest BCUT2D eigenvalue weighted by Gasteiger charge is 2.17. The molecule has 2 aromatic rings. The van der Waals surface area contributed by atoms with E-state index in [-0.39, 0.29) is 26.4 Å². The molecule has 0 saturated heterocycles. The summed E-state index contributed by atoms with van der Waals surface area (Å²) in [5.74, 6) is -0.523. The first kappa shape index (κ1) is 19.4. The lowest BCUT2D eigenvalue weighted by atomic mass is 10.2. The number of nitro benzene ring substituents is 1. The van der Waals surface area contributed by atoms with E-state index in [1.165, 1.54) is 30.3 Å². The van der Waals surface area contributed by atoms with Crippen LogP contribution in [0.15, 0.2) is 30.3 Å². The number of benzene rings is 2. The Balaban J connectivity index is 2.13. The zero-order chi connectivity index (χ0) is 18.7. The summed E-state index contributed by atoms with van der Waals surface area (Å²) in [6, 6.07) is 7.11. The number of halogens is 3. The number of anilines is 1. The Morgan fingerprint density at radius 3 is 2.44 bits per heavy atom. The SMILES string of the molecule is Cc1cc([N+](=O)[O-])c(Cl)cc1NC(=S)NC(=O)c1ccc(Cl)cc1Cl. The van der Waals surface area contributed by atoms with Crippen molar-refractivity contribution in [3.8, 4) is 0 Å². The van der Waals surface area contributed by atoms with E-state index in [0.717, 1.165) is 0 Å². The molecule has 0 unspecified atom stereocenters. The van der Waals surface area contributed by atoms with Crippen molar-refractivity contribution in [3.63, 3.8) is 0 Å². The number of amides is 1. The van der Waals surface area contributed by atoms with E-state index in [4.69, 9.17) is 47.0 Å². The topological polar surface area (TPSA) is 84.3 Å². The fraction of sp³-hybridized carbons (Fsp3) is 0.0667. The Kier molecular flexibility index (Phi) is 6.18. The van der Waals surface area contributed by atoms with Gasteiger partial charge in [-0.15, -0.1) is 0 Å². The molecule has 2 rings (SSSR count). The number of carbonyl (C=O) groups excluding carboxylic acids is 1. The fourth-order valence-electron chi connectivity index (χ4n) is 1.94. The molecule has 6 nitrogen and oxygen atoms in total. The van der Waals surface area contributed by atoms with E-state index in [2.05, 4.69) is 10.6 Å². The van der Waals surface area contributed by atoms with E-state index in [1.54, 1.807) is 6.92 Å². The third kappa shape index (κ3) is 4.79. The first-order valence-corrected chi connectivity index (χ1v) is 8.25. The molecule has 0 saturated carbocycles. The van der Waals surface area contributed by atoms with Gasteiger partial charge in [0.25, 0.3) is 11.6 Å². The number of carbonyl (C=O) groups is 1. The van der Waals surface area contributed by atoms with Crippen molar-refractivity contribution in [3.05, 3.63) is 66.6 Å². The lowest BCUT2D eigenvalue weighted by Gasteiger charge is -2.13. The molecule has 0 aliphatic heterocycles. The summed E-state index contributed by atoms with van der Waals surface area (Å²) in [4.78, 5) is 22.5. The molecule has 0 spiro atoms. The summed E-state index contributed by atoms with van der Waals surface area (Å²) in [6.07, 6.45) is 0. The molecular weight excluding hydrogens is 409 g/mol. The van der Waals surface area contributed by atoms with E-state index < -0.39 is 10.8 Å². The summed E-state index contributed by atoms with van der Waals surface area (Å²) in [6.45, 7) is 1.64. The largest absolute Gasteiger partial charge is 0.332 e. The predicted molar refractivity (Wildman–Crippen MR) is 103 cm³/mol. The second-order valence-electron chi connectivity index (χ2n) is 4.91. The van der Waals surface area contributed by atoms with Crippen molar-refractivity contribution in [2.24, 2.45) is 0 Å². The molecule has 10 heteroatoms. The first-order valence-electron chi connectivity index (χ1n) is 6.71. The van der Waals surface area contributed by atoms with Crippen molar-refractivity contribution >= 4 is 69.4 Å². The molecule has 0 heterocycles. The molecule has 0 fully saturated rings. The highest BCUT2D eigenvalue weighted by atomic mass is 35.5. The highest BCUT2D eigenvalue weighted by molar-refractivity contribution is 7.80. The van der Waals surface area contributed by atoms with Gasteiger partial charge >= 0.3 is 0 Å². The van der Waals surface area contributed by atoms with Crippen molar-refractivity contribution in [2.75, 3.05) is 5.32 Å². The molecule has 1 amide bonds. The second kappa shape index (κ2) is 7.97. The molecule has 0 aliphatic carbocycles. The molecule has 0 bridgehead atoms. The van der Waals surface area contributed by atoms with Crippen LogP contribution in [0.2, 0.25) is 15.1 Å². The normalized spacial score (nSPS) is 10.2. The Morgan fingerprint density at radius 1 is 1.16 bits per heavy atom. The van der Waals surface area contributed by atoms with Crippen LogP contribution >= 0.6 is 47.0 Å². The quantitative estimate of drug-likeness (QED) is 0.417.